The SMILES string of the molecule is COc1ccc2c(c1)OC[C@H](CNC(=O)c1c(C)cc(C)[nH]c1=O)C2. The quantitative estimate of drug-likeness (QED) is 0.890. The number of benzene rings is 1. The molecule has 1 aliphatic rings. The van der Waals surface area contributed by atoms with E-state index in [1.54, 1.807) is 27.0 Å². The molecule has 0 bridgehead atoms. The zero-order valence-corrected chi connectivity index (χ0v) is 14.6. The van der Waals surface area contributed by atoms with Crippen molar-refractivity contribution in [1.82, 2.24) is 10.3 Å². The lowest BCUT2D eigenvalue weighted by molar-refractivity contribution is 0.0937. The molecule has 1 amide bonds. The van der Waals surface area contributed by atoms with E-state index in [4.69, 9.17) is 9.47 Å². The van der Waals surface area contributed by atoms with E-state index >= 15 is 0 Å². The highest BCUT2D eigenvalue weighted by Crippen LogP contribution is 2.30. The molecule has 6 nitrogen and oxygen atoms in total. The van der Waals surface area contributed by atoms with Crippen LogP contribution in [0.1, 0.15) is 27.2 Å². The molecule has 1 aromatic heterocycles. The molecule has 0 saturated carbocycles. The van der Waals surface area contributed by atoms with E-state index in [0.717, 1.165) is 29.2 Å². The van der Waals surface area contributed by atoms with Gasteiger partial charge < -0.3 is 19.8 Å². The maximum atomic E-state index is 12.4. The molecule has 0 spiro atoms. The number of hydrogen-bond acceptors (Lipinski definition) is 4. The van der Waals surface area contributed by atoms with Crippen LogP contribution < -0.4 is 20.3 Å². The van der Waals surface area contributed by atoms with Gasteiger partial charge in [-0.1, -0.05) is 6.07 Å². The first kappa shape index (κ1) is 17.1. The summed E-state index contributed by atoms with van der Waals surface area (Å²) < 4.78 is 11.0. The first-order chi connectivity index (χ1) is 12.0. The van der Waals surface area contributed by atoms with Gasteiger partial charge in [0, 0.05) is 24.2 Å². The first-order valence-corrected chi connectivity index (χ1v) is 8.26. The summed E-state index contributed by atoms with van der Waals surface area (Å²) in [6, 6.07) is 7.55. The van der Waals surface area contributed by atoms with E-state index in [0.29, 0.717) is 18.7 Å². The van der Waals surface area contributed by atoms with Crippen LogP contribution in [0, 0.1) is 19.8 Å². The van der Waals surface area contributed by atoms with E-state index in [9.17, 15) is 9.59 Å². The van der Waals surface area contributed by atoms with Crippen LogP contribution in [0.2, 0.25) is 0 Å². The van der Waals surface area contributed by atoms with Crippen LogP contribution in [0.3, 0.4) is 0 Å². The molecule has 0 unspecified atom stereocenters. The van der Waals surface area contributed by atoms with Crippen LogP contribution in [0.5, 0.6) is 11.5 Å². The minimum Gasteiger partial charge on any atom is -0.497 e. The van der Waals surface area contributed by atoms with Crippen LogP contribution in [0.25, 0.3) is 0 Å². The van der Waals surface area contributed by atoms with Crippen molar-refractivity contribution in [3.63, 3.8) is 0 Å². The highest BCUT2D eigenvalue weighted by molar-refractivity contribution is 5.95. The Kier molecular flexibility index (Phi) is 4.79. The fourth-order valence-corrected chi connectivity index (χ4v) is 3.13. The maximum absolute atomic E-state index is 12.4. The van der Waals surface area contributed by atoms with Gasteiger partial charge in [0.2, 0.25) is 0 Å². The Hall–Kier alpha value is -2.76. The number of nitrogens with one attached hydrogen (secondary N) is 2. The number of rotatable bonds is 4. The van der Waals surface area contributed by atoms with Crippen molar-refractivity contribution in [1.29, 1.82) is 0 Å². The lowest BCUT2D eigenvalue weighted by Gasteiger charge is -2.25. The largest absolute Gasteiger partial charge is 0.497 e. The van der Waals surface area contributed by atoms with Crippen molar-refractivity contribution in [2.45, 2.75) is 20.3 Å². The summed E-state index contributed by atoms with van der Waals surface area (Å²) in [4.78, 5) is 27.1. The number of carbonyl (C=O) groups excluding carboxylic acids is 1. The summed E-state index contributed by atoms with van der Waals surface area (Å²) in [5.74, 6) is 1.40. The van der Waals surface area contributed by atoms with Crippen LogP contribution in [-0.2, 0) is 6.42 Å². The Morgan fingerprint density at radius 3 is 2.88 bits per heavy atom. The van der Waals surface area contributed by atoms with Gasteiger partial charge in [-0.25, -0.2) is 0 Å². The van der Waals surface area contributed by atoms with Crippen molar-refractivity contribution in [3.8, 4) is 11.5 Å². The molecule has 2 heterocycles. The highest BCUT2D eigenvalue weighted by Gasteiger charge is 2.22. The van der Waals surface area contributed by atoms with Gasteiger partial charge >= 0.3 is 0 Å². The second-order valence-corrected chi connectivity index (χ2v) is 6.40. The van der Waals surface area contributed by atoms with E-state index in [1.165, 1.54) is 0 Å². The molecule has 6 heteroatoms. The number of aryl methyl sites for hydroxylation is 2. The van der Waals surface area contributed by atoms with Crippen molar-refractivity contribution in [3.05, 3.63) is 57.0 Å². The third-order valence-corrected chi connectivity index (χ3v) is 4.40. The topological polar surface area (TPSA) is 80.4 Å². The molecule has 0 fully saturated rings. The lowest BCUT2D eigenvalue weighted by Crippen LogP contribution is -2.37. The number of methoxy groups -OCH3 is 1. The molecule has 0 aliphatic carbocycles. The molecule has 0 saturated heterocycles. The van der Waals surface area contributed by atoms with Gasteiger partial charge in [-0.3, -0.25) is 9.59 Å². The Bertz CT molecular complexity index is 857. The number of aromatic nitrogens is 1. The summed E-state index contributed by atoms with van der Waals surface area (Å²) in [6.07, 6.45) is 0.808. The summed E-state index contributed by atoms with van der Waals surface area (Å²) in [6.45, 7) is 4.53. The average Bonchev–Trinajstić information content (AvgIpc) is 2.58. The van der Waals surface area contributed by atoms with Gasteiger partial charge in [0.25, 0.3) is 11.5 Å². The first-order valence-electron chi connectivity index (χ1n) is 8.26. The van der Waals surface area contributed by atoms with Crippen molar-refractivity contribution < 1.29 is 14.3 Å². The normalized spacial score (nSPS) is 15.9. The van der Waals surface area contributed by atoms with Gasteiger partial charge in [0.15, 0.2) is 0 Å². The molecule has 1 aliphatic heterocycles. The van der Waals surface area contributed by atoms with E-state index < -0.39 is 0 Å². The van der Waals surface area contributed by atoms with E-state index in [2.05, 4.69) is 10.3 Å². The summed E-state index contributed by atoms with van der Waals surface area (Å²) >= 11 is 0. The molecule has 1 aromatic carbocycles. The van der Waals surface area contributed by atoms with Crippen LogP contribution in [0.15, 0.2) is 29.1 Å². The Balaban J connectivity index is 1.65. The molecule has 132 valence electrons. The Morgan fingerprint density at radius 2 is 2.16 bits per heavy atom. The molecule has 1 atom stereocenters. The van der Waals surface area contributed by atoms with Crippen LogP contribution in [-0.4, -0.2) is 31.2 Å². The van der Waals surface area contributed by atoms with E-state index in [1.807, 2.05) is 18.2 Å². The van der Waals surface area contributed by atoms with Crippen molar-refractivity contribution in [2.75, 3.05) is 20.3 Å². The Morgan fingerprint density at radius 1 is 1.36 bits per heavy atom. The average molecular weight is 342 g/mol. The smallest absolute Gasteiger partial charge is 0.261 e. The van der Waals surface area contributed by atoms with Gasteiger partial charge in [-0.2, -0.15) is 0 Å². The second kappa shape index (κ2) is 7.01. The number of carbonyl (C=O) groups is 1. The zero-order valence-electron chi connectivity index (χ0n) is 14.6. The number of hydrogen-bond donors (Lipinski definition) is 2. The minimum absolute atomic E-state index is 0.162. The molecule has 0 radical (unpaired) electrons. The summed E-state index contributed by atoms with van der Waals surface area (Å²) in [7, 11) is 1.62. The highest BCUT2D eigenvalue weighted by atomic mass is 16.5. The summed E-state index contributed by atoms with van der Waals surface area (Å²) in [5.41, 5.74) is 2.33. The fourth-order valence-electron chi connectivity index (χ4n) is 3.13. The molecule has 2 aromatic rings. The van der Waals surface area contributed by atoms with Crippen molar-refractivity contribution in [2.24, 2.45) is 5.92 Å². The molecule has 25 heavy (non-hydrogen) atoms. The third kappa shape index (κ3) is 3.68. The number of pyridine rings is 1. The number of H-pyrrole nitrogens is 1. The van der Waals surface area contributed by atoms with E-state index in [-0.39, 0.29) is 22.9 Å². The molecular formula is C19H22N2O4. The minimum atomic E-state index is -0.354. The Labute approximate surface area is 146 Å². The predicted molar refractivity (Wildman–Crippen MR) is 94.6 cm³/mol. The predicted octanol–water partition coefficient (Wildman–Crippen LogP) is 1.98. The molecule has 2 N–H and O–H groups in total. The monoisotopic (exact) mass is 342 g/mol. The lowest BCUT2D eigenvalue weighted by atomic mass is 9.96. The third-order valence-electron chi connectivity index (χ3n) is 4.40. The zero-order chi connectivity index (χ0) is 18.0. The fraction of sp³-hybridized carbons (Fsp3) is 0.368. The van der Waals surface area contributed by atoms with Crippen LogP contribution >= 0.6 is 0 Å². The van der Waals surface area contributed by atoms with Gasteiger partial charge in [-0.05, 0) is 43.5 Å². The van der Waals surface area contributed by atoms with Crippen LogP contribution in [0.4, 0.5) is 0 Å². The standard InChI is InChI=1S/C19H22N2O4/c1-11-6-12(2)21-19(23)17(11)18(22)20-9-13-7-14-4-5-15(24-3)8-16(14)25-10-13/h4-6,8,13H,7,9-10H2,1-3H3,(H,20,22)(H,21,23)/t13-/m0/s1. The maximum Gasteiger partial charge on any atom is 0.261 e. The number of fused-ring (bicyclic) bond motifs is 1. The number of amides is 1. The van der Waals surface area contributed by atoms with Crippen molar-refractivity contribution >= 4 is 5.91 Å². The molecule has 3 rings (SSSR count). The summed E-state index contributed by atoms with van der Waals surface area (Å²) in [5, 5.41) is 2.86. The van der Waals surface area contributed by atoms with Gasteiger partial charge in [0.1, 0.15) is 17.1 Å². The van der Waals surface area contributed by atoms with Gasteiger partial charge in [0.05, 0.1) is 13.7 Å². The molecular weight excluding hydrogens is 320 g/mol. The number of aromatic amines is 1. The number of ether oxygens (including phenoxy) is 2. The van der Waals surface area contributed by atoms with Gasteiger partial charge in [-0.15, -0.1) is 0 Å². The second-order valence-electron chi connectivity index (χ2n) is 6.40.